The highest BCUT2D eigenvalue weighted by Gasteiger charge is 2.31. The van der Waals surface area contributed by atoms with E-state index in [1.54, 1.807) is 0 Å². The van der Waals surface area contributed by atoms with Crippen LogP contribution in [-0.2, 0) is 6.42 Å². The Bertz CT molecular complexity index is 414. The summed E-state index contributed by atoms with van der Waals surface area (Å²) in [6.07, 6.45) is 5.77. The van der Waals surface area contributed by atoms with Crippen molar-refractivity contribution < 1.29 is 4.52 Å². The van der Waals surface area contributed by atoms with Gasteiger partial charge in [-0.25, -0.2) is 0 Å². The van der Waals surface area contributed by atoms with Gasteiger partial charge in [0.1, 0.15) is 0 Å². The third kappa shape index (κ3) is 3.81. The van der Waals surface area contributed by atoms with Gasteiger partial charge in [0, 0.05) is 18.4 Å². The first kappa shape index (κ1) is 15.5. The maximum Gasteiger partial charge on any atom is 0.228 e. The second-order valence-electron chi connectivity index (χ2n) is 7.35. The van der Waals surface area contributed by atoms with E-state index >= 15 is 0 Å². The Hall–Kier alpha value is -0.900. The average Bonchev–Trinajstić information content (AvgIpc) is 2.86. The molecular formula is C16H29N3O. The molecule has 1 N–H and O–H groups in total. The third-order valence-electron chi connectivity index (χ3n) is 4.77. The Labute approximate surface area is 122 Å². The quantitative estimate of drug-likeness (QED) is 0.916. The van der Waals surface area contributed by atoms with E-state index < -0.39 is 0 Å². The molecule has 4 nitrogen and oxygen atoms in total. The van der Waals surface area contributed by atoms with Crippen LogP contribution in [0.1, 0.15) is 71.0 Å². The Morgan fingerprint density at radius 2 is 1.90 bits per heavy atom. The number of hydrogen-bond acceptors (Lipinski definition) is 4. The van der Waals surface area contributed by atoms with Gasteiger partial charge >= 0.3 is 0 Å². The molecule has 0 aromatic carbocycles. The lowest BCUT2D eigenvalue weighted by Gasteiger charge is -2.36. The van der Waals surface area contributed by atoms with E-state index in [1.807, 2.05) is 7.05 Å². The van der Waals surface area contributed by atoms with Crippen LogP contribution in [0, 0.1) is 11.3 Å². The molecule has 0 spiro atoms. The predicted molar refractivity (Wildman–Crippen MR) is 80.7 cm³/mol. The summed E-state index contributed by atoms with van der Waals surface area (Å²) in [5.41, 5.74) is 0.426. The summed E-state index contributed by atoms with van der Waals surface area (Å²) in [6.45, 7) is 9.18. The summed E-state index contributed by atoms with van der Waals surface area (Å²) in [6, 6.07) is 0.375. The fourth-order valence-electron chi connectivity index (χ4n) is 3.10. The van der Waals surface area contributed by atoms with Crippen molar-refractivity contribution in [3.8, 4) is 0 Å². The van der Waals surface area contributed by atoms with Gasteiger partial charge in [-0.1, -0.05) is 25.9 Å². The first-order valence-corrected chi connectivity index (χ1v) is 7.90. The van der Waals surface area contributed by atoms with Gasteiger partial charge in [-0.3, -0.25) is 0 Å². The van der Waals surface area contributed by atoms with Crippen molar-refractivity contribution in [3.63, 3.8) is 0 Å². The maximum absolute atomic E-state index is 5.38. The molecule has 1 aromatic rings. The fraction of sp³-hybridized carbons (Fsp3) is 0.875. The van der Waals surface area contributed by atoms with Gasteiger partial charge in [0.2, 0.25) is 5.89 Å². The van der Waals surface area contributed by atoms with E-state index in [2.05, 4.69) is 43.2 Å². The van der Waals surface area contributed by atoms with E-state index in [-0.39, 0.29) is 0 Å². The molecule has 0 amide bonds. The van der Waals surface area contributed by atoms with Crippen molar-refractivity contribution in [2.24, 2.45) is 11.3 Å². The Kier molecular flexibility index (Phi) is 4.84. The summed E-state index contributed by atoms with van der Waals surface area (Å²) in [4.78, 5) is 4.59. The Morgan fingerprint density at radius 3 is 2.45 bits per heavy atom. The van der Waals surface area contributed by atoms with Crippen molar-refractivity contribution in [2.75, 3.05) is 7.05 Å². The topological polar surface area (TPSA) is 51.0 Å². The minimum Gasteiger partial charge on any atom is -0.339 e. The Balaban J connectivity index is 1.91. The van der Waals surface area contributed by atoms with Gasteiger partial charge in [0.25, 0.3) is 0 Å². The number of aromatic nitrogens is 2. The van der Waals surface area contributed by atoms with Crippen LogP contribution >= 0.6 is 0 Å². The first-order chi connectivity index (χ1) is 9.40. The van der Waals surface area contributed by atoms with Gasteiger partial charge in [0.15, 0.2) is 5.82 Å². The smallest absolute Gasteiger partial charge is 0.228 e. The van der Waals surface area contributed by atoms with Crippen LogP contribution in [-0.4, -0.2) is 23.2 Å². The highest BCUT2D eigenvalue weighted by molar-refractivity contribution is 4.99. The van der Waals surface area contributed by atoms with Gasteiger partial charge in [-0.05, 0) is 51.0 Å². The summed E-state index contributed by atoms with van der Waals surface area (Å²) in [7, 11) is 1.95. The van der Waals surface area contributed by atoms with Crippen LogP contribution in [0.25, 0.3) is 0 Å². The molecular weight excluding hydrogens is 250 g/mol. The highest BCUT2D eigenvalue weighted by atomic mass is 16.5. The predicted octanol–water partition coefficient (Wildman–Crippen LogP) is 3.54. The lowest BCUT2D eigenvalue weighted by molar-refractivity contribution is 0.166. The van der Waals surface area contributed by atoms with Crippen LogP contribution in [0.15, 0.2) is 4.52 Å². The molecule has 0 aliphatic heterocycles. The van der Waals surface area contributed by atoms with E-state index in [0.717, 1.165) is 24.1 Å². The molecule has 1 unspecified atom stereocenters. The zero-order valence-electron chi connectivity index (χ0n) is 13.6. The number of nitrogens with one attached hydrogen (secondary N) is 1. The molecule has 1 heterocycles. The standard InChI is InChI=1S/C16H29N3O/c1-11(17-5)10-14-18-15(19-20-14)12-6-8-13(9-7-12)16(2,3)4/h11-13,17H,6-10H2,1-5H3. The normalized spacial score (nSPS) is 25.6. The van der Waals surface area contributed by atoms with E-state index in [9.17, 15) is 0 Å². The molecule has 0 radical (unpaired) electrons. The SMILES string of the molecule is CNC(C)Cc1nc(C2CCC(C(C)(C)C)CC2)no1. The lowest BCUT2D eigenvalue weighted by Crippen LogP contribution is -2.25. The maximum atomic E-state index is 5.38. The number of likely N-dealkylation sites (N-methyl/N-ethyl adjacent to an activating group) is 1. The van der Waals surface area contributed by atoms with Gasteiger partial charge < -0.3 is 9.84 Å². The summed E-state index contributed by atoms with van der Waals surface area (Å²) in [5.74, 6) is 3.01. The molecule has 1 atom stereocenters. The first-order valence-electron chi connectivity index (χ1n) is 7.90. The molecule has 0 saturated heterocycles. The van der Waals surface area contributed by atoms with Crippen LogP contribution in [0.5, 0.6) is 0 Å². The van der Waals surface area contributed by atoms with E-state index in [4.69, 9.17) is 4.52 Å². The fourth-order valence-corrected chi connectivity index (χ4v) is 3.10. The monoisotopic (exact) mass is 279 g/mol. The zero-order valence-corrected chi connectivity index (χ0v) is 13.6. The molecule has 1 fully saturated rings. The average molecular weight is 279 g/mol. The van der Waals surface area contributed by atoms with Crippen molar-refractivity contribution in [3.05, 3.63) is 11.7 Å². The Morgan fingerprint density at radius 1 is 1.25 bits per heavy atom. The van der Waals surface area contributed by atoms with Gasteiger partial charge in [0.05, 0.1) is 0 Å². The second kappa shape index (κ2) is 6.25. The highest BCUT2D eigenvalue weighted by Crippen LogP contribution is 2.42. The summed E-state index contributed by atoms with van der Waals surface area (Å²) >= 11 is 0. The number of nitrogens with zero attached hydrogens (tertiary/aromatic N) is 2. The van der Waals surface area contributed by atoms with Crippen molar-refractivity contribution in [1.82, 2.24) is 15.5 Å². The minimum atomic E-state index is 0.375. The van der Waals surface area contributed by atoms with E-state index in [0.29, 0.717) is 17.4 Å². The molecule has 2 rings (SSSR count). The molecule has 1 saturated carbocycles. The van der Waals surface area contributed by atoms with Crippen molar-refractivity contribution >= 4 is 0 Å². The number of hydrogen-bond donors (Lipinski definition) is 1. The molecule has 0 bridgehead atoms. The molecule has 1 aliphatic carbocycles. The lowest BCUT2D eigenvalue weighted by atomic mass is 9.70. The summed E-state index contributed by atoms with van der Waals surface area (Å²) in [5, 5.41) is 7.40. The van der Waals surface area contributed by atoms with Gasteiger partial charge in [-0.15, -0.1) is 0 Å². The molecule has 20 heavy (non-hydrogen) atoms. The molecule has 1 aromatic heterocycles. The van der Waals surface area contributed by atoms with Crippen LogP contribution < -0.4 is 5.32 Å². The summed E-state index contributed by atoms with van der Waals surface area (Å²) < 4.78 is 5.38. The molecule has 1 aliphatic rings. The molecule has 4 heteroatoms. The van der Waals surface area contributed by atoms with E-state index in [1.165, 1.54) is 25.7 Å². The third-order valence-corrected chi connectivity index (χ3v) is 4.77. The largest absolute Gasteiger partial charge is 0.339 e. The van der Waals surface area contributed by atoms with Gasteiger partial charge in [-0.2, -0.15) is 4.98 Å². The number of rotatable bonds is 4. The zero-order chi connectivity index (χ0) is 14.8. The minimum absolute atomic E-state index is 0.375. The molecule has 114 valence electrons. The van der Waals surface area contributed by atoms with Crippen LogP contribution in [0.3, 0.4) is 0 Å². The van der Waals surface area contributed by atoms with Crippen molar-refractivity contribution in [1.29, 1.82) is 0 Å². The van der Waals surface area contributed by atoms with Crippen LogP contribution in [0.2, 0.25) is 0 Å². The van der Waals surface area contributed by atoms with Crippen molar-refractivity contribution in [2.45, 2.75) is 71.8 Å². The second-order valence-corrected chi connectivity index (χ2v) is 7.35. The van der Waals surface area contributed by atoms with Crippen LogP contribution in [0.4, 0.5) is 0 Å².